The van der Waals surface area contributed by atoms with Gasteiger partial charge in [-0.1, -0.05) is 18.2 Å². The summed E-state index contributed by atoms with van der Waals surface area (Å²) < 4.78 is 10.5. The van der Waals surface area contributed by atoms with Crippen LogP contribution < -0.4 is 4.74 Å². The Labute approximate surface area is 103 Å². The molecule has 0 aliphatic rings. The molecule has 1 rings (SSSR count). The molecule has 0 radical (unpaired) electrons. The standard InChI is InChI=1S/C14H22O3/c1-11(16-2)8-12(10-15)9-13-6-4-5-7-14(13)17-3/h4-7,11-12,15H,8-10H2,1-3H3. The van der Waals surface area contributed by atoms with Crippen LogP contribution >= 0.6 is 0 Å². The molecule has 96 valence electrons. The Hall–Kier alpha value is -1.06. The van der Waals surface area contributed by atoms with E-state index in [4.69, 9.17) is 9.47 Å². The second-order valence-electron chi connectivity index (χ2n) is 4.35. The van der Waals surface area contributed by atoms with Crippen LogP contribution in [0.5, 0.6) is 5.75 Å². The third-order valence-electron chi connectivity index (χ3n) is 3.03. The Morgan fingerprint density at radius 2 is 1.94 bits per heavy atom. The minimum atomic E-state index is 0.168. The summed E-state index contributed by atoms with van der Waals surface area (Å²) in [5, 5.41) is 9.40. The van der Waals surface area contributed by atoms with Gasteiger partial charge >= 0.3 is 0 Å². The van der Waals surface area contributed by atoms with Crippen molar-refractivity contribution in [3.63, 3.8) is 0 Å². The molecule has 2 atom stereocenters. The lowest BCUT2D eigenvalue weighted by molar-refractivity contribution is 0.0804. The largest absolute Gasteiger partial charge is 0.496 e. The third kappa shape index (κ3) is 4.36. The molecule has 0 spiro atoms. The highest BCUT2D eigenvalue weighted by atomic mass is 16.5. The Balaban J connectivity index is 2.66. The third-order valence-corrected chi connectivity index (χ3v) is 3.03. The van der Waals surface area contributed by atoms with E-state index >= 15 is 0 Å². The Morgan fingerprint density at radius 3 is 2.53 bits per heavy atom. The van der Waals surface area contributed by atoms with E-state index in [1.807, 2.05) is 31.2 Å². The molecule has 0 bridgehead atoms. The first-order valence-corrected chi connectivity index (χ1v) is 5.96. The maximum Gasteiger partial charge on any atom is 0.122 e. The summed E-state index contributed by atoms with van der Waals surface area (Å²) in [7, 11) is 3.37. The van der Waals surface area contributed by atoms with Gasteiger partial charge in [0.25, 0.3) is 0 Å². The molecule has 0 heterocycles. The first-order chi connectivity index (χ1) is 8.21. The van der Waals surface area contributed by atoms with Gasteiger partial charge in [-0.2, -0.15) is 0 Å². The fourth-order valence-electron chi connectivity index (χ4n) is 1.97. The molecule has 1 aromatic carbocycles. The van der Waals surface area contributed by atoms with Gasteiger partial charge in [-0.25, -0.2) is 0 Å². The quantitative estimate of drug-likeness (QED) is 0.792. The van der Waals surface area contributed by atoms with Crippen LogP contribution in [-0.4, -0.2) is 32.0 Å². The van der Waals surface area contributed by atoms with Crippen LogP contribution in [0, 0.1) is 5.92 Å². The zero-order valence-electron chi connectivity index (χ0n) is 10.8. The number of hydrogen-bond acceptors (Lipinski definition) is 3. The average molecular weight is 238 g/mol. The number of para-hydroxylation sites is 1. The van der Waals surface area contributed by atoms with Gasteiger partial charge in [-0.3, -0.25) is 0 Å². The molecular weight excluding hydrogens is 216 g/mol. The van der Waals surface area contributed by atoms with Crippen LogP contribution in [0.4, 0.5) is 0 Å². The van der Waals surface area contributed by atoms with Gasteiger partial charge in [0, 0.05) is 13.7 Å². The fraction of sp³-hybridized carbons (Fsp3) is 0.571. The normalized spacial score (nSPS) is 14.4. The first kappa shape index (κ1) is 14.0. The summed E-state index contributed by atoms with van der Waals surface area (Å²) in [6, 6.07) is 7.93. The summed E-state index contributed by atoms with van der Waals surface area (Å²) in [5.41, 5.74) is 1.14. The van der Waals surface area contributed by atoms with Crippen molar-refractivity contribution in [2.24, 2.45) is 5.92 Å². The van der Waals surface area contributed by atoms with Gasteiger partial charge in [-0.05, 0) is 37.3 Å². The van der Waals surface area contributed by atoms with Crippen molar-refractivity contribution in [2.75, 3.05) is 20.8 Å². The van der Waals surface area contributed by atoms with E-state index in [0.29, 0.717) is 0 Å². The molecule has 3 heteroatoms. The number of methoxy groups -OCH3 is 2. The summed E-state index contributed by atoms with van der Waals surface area (Å²) >= 11 is 0. The maximum absolute atomic E-state index is 9.40. The summed E-state index contributed by atoms with van der Waals surface area (Å²) in [5.74, 6) is 1.09. The van der Waals surface area contributed by atoms with E-state index in [0.717, 1.165) is 24.2 Å². The van der Waals surface area contributed by atoms with Crippen LogP contribution in [0.1, 0.15) is 18.9 Å². The molecule has 0 amide bonds. The van der Waals surface area contributed by atoms with Gasteiger partial charge in [0.1, 0.15) is 5.75 Å². The molecule has 17 heavy (non-hydrogen) atoms. The predicted molar refractivity (Wildman–Crippen MR) is 68.4 cm³/mol. The highest BCUT2D eigenvalue weighted by molar-refractivity contribution is 5.33. The number of aliphatic hydroxyl groups excluding tert-OH is 1. The predicted octanol–water partition coefficient (Wildman–Crippen LogP) is 2.27. The van der Waals surface area contributed by atoms with Crippen molar-refractivity contribution >= 4 is 0 Å². The number of ether oxygens (including phenoxy) is 2. The van der Waals surface area contributed by atoms with E-state index in [2.05, 4.69) is 0 Å². The number of aliphatic hydroxyl groups is 1. The van der Waals surface area contributed by atoms with Crippen molar-refractivity contribution in [2.45, 2.75) is 25.9 Å². The number of hydrogen-bond donors (Lipinski definition) is 1. The lowest BCUT2D eigenvalue weighted by atomic mass is 9.94. The van der Waals surface area contributed by atoms with Gasteiger partial charge in [-0.15, -0.1) is 0 Å². The van der Waals surface area contributed by atoms with Crippen molar-refractivity contribution in [1.82, 2.24) is 0 Å². The number of rotatable bonds is 7. The Kier molecular flexibility index (Phi) is 6.01. The van der Waals surface area contributed by atoms with Gasteiger partial charge in [0.05, 0.1) is 13.2 Å². The van der Waals surface area contributed by atoms with Crippen LogP contribution in [0.2, 0.25) is 0 Å². The van der Waals surface area contributed by atoms with Crippen molar-refractivity contribution < 1.29 is 14.6 Å². The van der Waals surface area contributed by atoms with Crippen molar-refractivity contribution in [1.29, 1.82) is 0 Å². The zero-order chi connectivity index (χ0) is 12.7. The monoisotopic (exact) mass is 238 g/mol. The van der Waals surface area contributed by atoms with Crippen LogP contribution in [0.15, 0.2) is 24.3 Å². The minimum Gasteiger partial charge on any atom is -0.496 e. The van der Waals surface area contributed by atoms with Gasteiger partial charge in [0.2, 0.25) is 0 Å². The van der Waals surface area contributed by atoms with Crippen LogP contribution in [0.25, 0.3) is 0 Å². The average Bonchev–Trinajstić information content (AvgIpc) is 2.38. The van der Waals surface area contributed by atoms with E-state index in [1.165, 1.54) is 0 Å². The highest BCUT2D eigenvalue weighted by Crippen LogP contribution is 2.23. The lowest BCUT2D eigenvalue weighted by Crippen LogP contribution is -2.18. The number of benzene rings is 1. The molecule has 0 saturated carbocycles. The SMILES string of the molecule is COc1ccccc1CC(CO)CC(C)OC. The van der Waals surface area contributed by atoms with E-state index < -0.39 is 0 Å². The minimum absolute atomic E-state index is 0.168. The van der Waals surface area contributed by atoms with E-state index in [9.17, 15) is 5.11 Å². The van der Waals surface area contributed by atoms with Gasteiger partial charge in [0.15, 0.2) is 0 Å². The van der Waals surface area contributed by atoms with Crippen molar-refractivity contribution in [3.05, 3.63) is 29.8 Å². The zero-order valence-corrected chi connectivity index (χ0v) is 10.8. The first-order valence-electron chi connectivity index (χ1n) is 5.96. The summed E-state index contributed by atoms with van der Waals surface area (Å²) in [4.78, 5) is 0. The van der Waals surface area contributed by atoms with Crippen LogP contribution in [0.3, 0.4) is 0 Å². The smallest absolute Gasteiger partial charge is 0.122 e. The fourth-order valence-corrected chi connectivity index (χ4v) is 1.97. The topological polar surface area (TPSA) is 38.7 Å². The molecule has 0 aliphatic heterocycles. The summed E-state index contributed by atoms with van der Waals surface area (Å²) in [6.07, 6.45) is 1.83. The molecule has 0 aliphatic carbocycles. The second kappa shape index (κ2) is 7.30. The highest BCUT2D eigenvalue weighted by Gasteiger charge is 2.14. The van der Waals surface area contributed by atoms with Crippen molar-refractivity contribution in [3.8, 4) is 5.75 Å². The molecular formula is C14H22O3. The van der Waals surface area contributed by atoms with E-state index in [1.54, 1.807) is 14.2 Å². The molecule has 0 fully saturated rings. The molecule has 3 nitrogen and oxygen atoms in total. The van der Waals surface area contributed by atoms with Crippen LogP contribution in [-0.2, 0) is 11.2 Å². The summed E-state index contributed by atoms with van der Waals surface area (Å²) in [6.45, 7) is 2.19. The molecule has 1 aromatic rings. The lowest BCUT2D eigenvalue weighted by Gasteiger charge is -2.19. The van der Waals surface area contributed by atoms with Gasteiger partial charge < -0.3 is 14.6 Å². The molecule has 0 saturated heterocycles. The second-order valence-corrected chi connectivity index (χ2v) is 4.35. The Morgan fingerprint density at radius 1 is 1.24 bits per heavy atom. The molecule has 0 aromatic heterocycles. The maximum atomic E-state index is 9.40. The van der Waals surface area contributed by atoms with E-state index in [-0.39, 0.29) is 18.6 Å². The molecule has 1 N–H and O–H groups in total. The molecule has 2 unspecified atom stereocenters. The Bertz CT molecular complexity index is 325.